The average molecular weight is 303 g/mol. The highest BCUT2D eigenvalue weighted by Gasteiger charge is 2.25. The first-order valence-electron chi connectivity index (χ1n) is 6.26. The van der Waals surface area contributed by atoms with E-state index < -0.39 is 16.0 Å². The molecule has 0 radical (unpaired) electrons. The number of sulfonamides is 1. The lowest BCUT2D eigenvalue weighted by Crippen LogP contribution is -2.31. The zero-order valence-electron chi connectivity index (χ0n) is 11.1. The lowest BCUT2D eigenvalue weighted by Gasteiger charge is -2.22. The minimum absolute atomic E-state index is 0.0317. The Kier molecular flexibility index (Phi) is 4.29. The molecule has 1 aliphatic rings. The molecule has 112 valence electrons. The van der Waals surface area contributed by atoms with Crippen LogP contribution < -0.4 is 4.72 Å². The van der Waals surface area contributed by atoms with Crippen LogP contribution in [0.15, 0.2) is 6.20 Å². The van der Waals surface area contributed by atoms with Gasteiger partial charge in [0.05, 0.1) is 18.1 Å². The van der Waals surface area contributed by atoms with Crippen LogP contribution >= 0.6 is 0 Å². The van der Waals surface area contributed by atoms with Gasteiger partial charge in [0, 0.05) is 13.7 Å². The van der Waals surface area contributed by atoms with E-state index in [9.17, 15) is 13.2 Å². The van der Waals surface area contributed by atoms with Crippen LogP contribution in [0.25, 0.3) is 0 Å². The SMILES string of the molecule is Cn1ncc(NS(=O)(=O)CC2CCCCO2)c1C(=O)O. The summed E-state index contributed by atoms with van der Waals surface area (Å²) >= 11 is 0. The van der Waals surface area contributed by atoms with Crippen LogP contribution in [0.1, 0.15) is 29.8 Å². The first kappa shape index (κ1) is 14.8. The first-order valence-corrected chi connectivity index (χ1v) is 7.91. The number of carboxylic acid groups (broad SMARTS) is 1. The highest BCUT2D eigenvalue weighted by atomic mass is 32.2. The fourth-order valence-electron chi connectivity index (χ4n) is 2.16. The van der Waals surface area contributed by atoms with Gasteiger partial charge < -0.3 is 9.84 Å². The topological polar surface area (TPSA) is 111 Å². The predicted molar refractivity (Wildman–Crippen MR) is 71.2 cm³/mol. The molecule has 9 heteroatoms. The smallest absolute Gasteiger partial charge is 0.356 e. The highest BCUT2D eigenvalue weighted by molar-refractivity contribution is 7.92. The van der Waals surface area contributed by atoms with Crippen molar-refractivity contribution in [3.05, 3.63) is 11.9 Å². The fourth-order valence-corrected chi connectivity index (χ4v) is 3.48. The van der Waals surface area contributed by atoms with Crippen molar-refractivity contribution in [1.29, 1.82) is 0 Å². The summed E-state index contributed by atoms with van der Waals surface area (Å²) in [4.78, 5) is 11.1. The summed E-state index contributed by atoms with van der Waals surface area (Å²) in [5, 5.41) is 12.8. The molecule has 1 fully saturated rings. The van der Waals surface area contributed by atoms with Gasteiger partial charge in [0.15, 0.2) is 5.69 Å². The van der Waals surface area contributed by atoms with E-state index in [1.54, 1.807) is 0 Å². The molecular weight excluding hydrogens is 286 g/mol. The second-order valence-electron chi connectivity index (χ2n) is 4.71. The van der Waals surface area contributed by atoms with Crippen LogP contribution in [0.2, 0.25) is 0 Å². The molecule has 2 heterocycles. The number of aryl methyl sites for hydroxylation is 1. The number of carboxylic acids is 1. The summed E-state index contributed by atoms with van der Waals surface area (Å²) in [5.41, 5.74) is -0.228. The lowest BCUT2D eigenvalue weighted by atomic mass is 10.1. The third-order valence-corrected chi connectivity index (χ3v) is 4.43. The van der Waals surface area contributed by atoms with Gasteiger partial charge in [0.25, 0.3) is 0 Å². The van der Waals surface area contributed by atoms with E-state index in [1.807, 2.05) is 0 Å². The molecule has 1 aliphatic heterocycles. The lowest BCUT2D eigenvalue weighted by molar-refractivity contribution is 0.0306. The summed E-state index contributed by atoms with van der Waals surface area (Å²) in [6.45, 7) is 0.563. The fraction of sp³-hybridized carbons (Fsp3) is 0.636. The normalized spacial score (nSPS) is 19.8. The number of carbonyl (C=O) groups is 1. The summed E-state index contributed by atoms with van der Waals surface area (Å²) in [7, 11) is -2.23. The Morgan fingerprint density at radius 3 is 2.95 bits per heavy atom. The second-order valence-corrected chi connectivity index (χ2v) is 6.47. The quantitative estimate of drug-likeness (QED) is 0.816. The van der Waals surface area contributed by atoms with Crippen molar-refractivity contribution in [2.24, 2.45) is 7.05 Å². The molecule has 2 rings (SSSR count). The van der Waals surface area contributed by atoms with Gasteiger partial charge in [0.1, 0.15) is 5.69 Å². The van der Waals surface area contributed by atoms with Gasteiger partial charge >= 0.3 is 5.97 Å². The Labute approximate surface area is 116 Å². The molecule has 0 aliphatic carbocycles. The number of nitrogens with one attached hydrogen (secondary N) is 1. The third-order valence-electron chi connectivity index (χ3n) is 3.09. The number of aromatic carboxylic acids is 1. The first-order chi connectivity index (χ1) is 9.39. The summed E-state index contributed by atoms with van der Waals surface area (Å²) in [5.74, 6) is -1.42. The minimum atomic E-state index is -3.67. The third kappa shape index (κ3) is 3.48. The Bertz CT molecular complexity index is 589. The second kappa shape index (κ2) is 5.80. The monoisotopic (exact) mass is 303 g/mol. The molecule has 0 bridgehead atoms. The van der Waals surface area contributed by atoms with E-state index >= 15 is 0 Å². The maximum Gasteiger partial charge on any atom is 0.356 e. The number of anilines is 1. The van der Waals surface area contributed by atoms with E-state index in [-0.39, 0.29) is 23.2 Å². The Balaban J connectivity index is 2.10. The van der Waals surface area contributed by atoms with Crippen molar-refractivity contribution in [1.82, 2.24) is 9.78 Å². The summed E-state index contributed by atoms with van der Waals surface area (Å²) < 4.78 is 32.8. The van der Waals surface area contributed by atoms with Gasteiger partial charge in [-0.3, -0.25) is 9.40 Å². The van der Waals surface area contributed by atoms with Gasteiger partial charge in [-0.05, 0) is 19.3 Å². The molecule has 0 spiro atoms. The Hall–Kier alpha value is -1.61. The number of hydrogen-bond donors (Lipinski definition) is 2. The maximum atomic E-state index is 12.0. The number of rotatable bonds is 5. The minimum Gasteiger partial charge on any atom is -0.476 e. The van der Waals surface area contributed by atoms with Gasteiger partial charge in [-0.25, -0.2) is 13.2 Å². The molecule has 2 N–H and O–H groups in total. The molecule has 20 heavy (non-hydrogen) atoms. The molecule has 0 saturated carbocycles. The standard InChI is InChI=1S/C11H17N3O5S/c1-14-10(11(15)16)9(6-12-14)13-20(17,18)7-8-4-2-3-5-19-8/h6,8,13H,2-5,7H2,1H3,(H,15,16). The van der Waals surface area contributed by atoms with Crippen molar-refractivity contribution in [2.75, 3.05) is 17.1 Å². The molecule has 1 aromatic rings. The van der Waals surface area contributed by atoms with Crippen molar-refractivity contribution >= 4 is 21.7 Å². The van der Waals surface area contributed by atoms with E-state index in [1.165, 1.54) is 13.2 Å². The van der Waals surface area contributed by atoms with E-state index in [0.717, 1.165) is 17.5 Å². The molecule has 0 aromatic carbocycles. The molecule has 1 aromatic heterocycles. The van der Waals surface area contributed by atoms with Crippen molar-refractivity contribution in [3.8, 4) is 0 Å². The maximum absolute atomic E-state index is 12.0. The zero-order valence-corrected chi connectivity index (χ0v) is 11.9. The summed E-state index contributed by atoms with van der Waals surface area (Å²) in [6, 6.07) is 0. The molecule has 1 atom stereocenters. The molecule has 1 unspecified atom stereocenters. The van der Waals surface area contributed by atoms with Crippen LogP contribution in [-0.2, 0) is 21.8 Å². The van der Waals surface area contributed by atoms with E-state index in [0.29, 0.717) is 13.0 Å². The van der Waals surface area contributed by atoms with E-state index in [2.05, 4.69) is 9.82 Å². The van der Waals surface area contributed by atoms with Crippen molar-refractivity contribution < 1.29 is 23.1 Å². The Morgan fingerprint density at radius 1 is 1.60 bits per heavy atom. The number of aromatic nitrogens is 2. The summed E-state index contributed by atoms with van der Waals surface area (Å²) in [6.07, 6.45) is 3.41. The number of nitrogens with zero attached hydrogens (tertiary/aromatic N) is 2. The van der Waals surface area contributed by atoms with Gasteiger partial charge in [-0.1, -0.05) is 0 Å². The van der Waals surface area contributed by atoms with Crippen molar-refractivity contribution in [3.63, 3.8) is 0 Å². The van der Waals surface area contributed by atoms with Crippen LogP contribution in [-0.4, -0.2) is 47.7 Å². The molecule has 8 nitrogen and oxygen atoms in total. The zero-order chi connectivity index (χ0) is 14.8. The van der Waals surface area contributed by atoms with Crippen LogP contribution in [0.4, 0.5) is 5.69 Å². The average Bonchev–Trinajstić information content (AvgIpc) is 2.70. The van der Waals surface area contributed by atoms with Crippen LogP contribution in [0.5, 0.6) is 0 Å². The van der Waals surface area contributed by atoms with Crippen LogP contribution in [0.3, 0.4) is 0 Å². The number of hydrogen-bond acceptors (Lipinski definition) is 5. The molecule has 1 saturated heterocycles. The van der Waals surface area contributed by atoms with Crippen LogP contribution in [0, 0.1) is 0 Å². The largest absolute Gasteiger partial charge is 0.476 e. The van der Waals surface area contributed by atoms with Crippen molar-refractivity contribution in [2.45, 2.75) is 25.4 Å². The molecular formula is C11H17N3O5S. The van der Waals surface area contributed by atoms with Gasteiger partial charge in [0.2, 0.25) is 10.0 Å². The Morgan fingerprint density at radius 2 is 2.35 bits per heavy atom. The highest BCUT2D eigenvalue weighted by Crippen LogP contribution is 2.19. The number of ether oxygens (including phenoxy) is 1. The predicted octanol–water partition coefficient (Wildman–Crippen LogP) is 0.429. The van der Waals surface area contributed by atoms with E-state index in [4.69, 9.17) is 9.84 Å². The van der Waals surface area contributed by atoms with Gasteiger partial charge in [-0.15, -0.1) is 0 Å². The molecule has 0 amide bonds. The van der Waals surface area contributed by atoms with Gasteiger partial charge in [-0.2, -0.15) is 5.10 Å².